The monoisotopic (exact) mass is 308 g/mol. The van der Waals surface area contributed by atoms with E-state index in [9.17, 15) is 4.79 Å². The van der Waals surface area contributed by atoms with E-state index in [-0.39, 0.29) is 11.3 Å². The molecule has 5 heteroatoms. The van der Waals surface area contributed by atoms with Crippen LogP contribution in [0, 0.1) is 5.41 Å². The minimum Gasteiger partial charge on any atom is -0.381 e. The zero-order chi connectivity index (χ0) is 15.5. The van der Waals surface area contributed by atoms with Gasteiger partial charge in [-0.15, -0.1) is 11.8 Å². The predicted molar refractivity (Wildman–Crippen MR) is 87.6 cm³/mol. The number of amides is 1. The van der Waals surface area contributed by atoms with Gasteiger partial charge in [0.2, 0.25) is 5.91 Å². The van der Waals surface area contributed by atoms with E-state index in [2.05, 4.69) is 19.2 Å². The van der Waals surface area contributed by atoms with Crippen LogP contribution in [-0.2, 0) is 9.53 Å². The molecule has 0 heterocycles. The molecule has 0 spiro atoms. The van der Waals surface area contributed by atoms with Crippen molar-refractivity contribution < 1.29 is 9.53 Å². The van der Waals surface area contributed by atoms with Crippen LogP contribution in [0.4, 0.5) is 5.69 Å². The van der Waals surface area contributed by atoms with Gasteiger partial charge in [-0.2, -0.15) is 0 Å². The Labute approximate surface area is 130 Å². The third-order valence-corrected chi connectivity index (χ3v) is 5.23. The Hall–Kier alpha value is -1.20. The summed E-state index contributed by atoms with van der Waals surface area (Å²) in [5, 5.41) is 3.60. The number of rotatable bonds is 7. The first-order valence-corrected chi connectivity index (χ1v) is 8.32. The lowest BCUT2D eigenvalue weighted by atomic mass is 9.64. The van der Waals surface area contributed by atoms with Crippen LogP contribution in [0.25, 0.3) is 0 Å². The maximum atomic E-state index is 11.0. The lowest BCUT2D eigenvalue weighted by Crippen LogP contribution is -2.58. The topological polar surface area (TPSA) is 64.3 Å². The van der Waals surface area contributed by atoms with Gasteiger partial charge in [0.05, 0.1) is 11.9 Å². The van der Waals surface area contributed by atoms with Crippen molar-refractivity contribution in [3.63, 3.8) is 0 Å². The summed E-state index contributed by atoms with van der Waals surface area (Å²) in [6, 6.07) is 8.42. The highest BCUT2D eigenvalue weighted by Crippen LogP contribution is 2.45. The molecule has 2 unspecified atom stereocenters. The second kappa shape index (κ2) is 6.71. The Morgan fingerprint density at radius 2 is 2.19 bits per heavy atom. The van der Waals surface area contributed by atoms with Crippen molar-refractivity contribution in [3.8, 4) is 0 Å². The third-order valence-electron chi connectivity index (χ3n) is 4.13. The van der Waals surface area contributed by atoms with Gasteiger partial charge < -0.3 is 15.8 Å². The minimum absolute atomic E-state index is 0.109. The number of anilines is 1. The summed E-state index contributed by atoms with van der Waals surface area (Å²) < 4.78 is 5.76. The van der Waals surface area contributed by atoms with Crippen LogP contribution in [0.2, 0.25) is 0 Å². The van der Waals surface area contributed by atoms with Crippen LogP contribution >= 0.6 is 11.8 Å². The molecule has 0 saturated heterocycles. The van der Waals surface area contributed by atoms with E-state index >= 15 is 0 Å². The summed E-state index contributed by atoms with van der Waals surface area (Å²) in [7, 11) is 0. The molecule has 2 rings (SSSR count). The molecule has 4 nitrogen and oxygen atoms in total. The van der Waals surface area contributed by atoms with Gasteiger partial charge in [0.1, 0.15) is 0 Å². The van der Waals surface area contributed by atoms with Gasteiger partial charge in [0.25, 0.3) is 0 Å². The fraction of sp³-hybridized carbons (Fsp3) is 0.562. The van der Waals surface area contributed by atoms with E-state index < -0.39 is 0 Å². The van der Waals surface area contributed by atoms with E-state index in [1.165, 1.54) is 11.8 Å². The number of benzene rings is 1. The normalized spacial score (nSPS) is 23.4. The summed E-state index contributed by atoms with van der Waals surface area (Å²) in [5.74, 6) is 0.00380. The molecule has 116 valence electrons. The van der Waals surface area contributed by atoms with Gasteiger partial charge in [-0.3, -0.25) is 4.79 Å². The fourth-order valence-corrected chi connectivity index (χ4v) is 3.42. The largest absolute Gasteiger partial charge is 0.381 e. The highest BCUT2D eigenvalue weighted by Gasteiger charge is 2.48. The maximum absolute atomic E-state index is 11.0. The molecule has 1 saturated carbocycles. The van der Waals surface area contributed by atoms with Crippen molar-refractivity contribution in [1.82, 2.24) is 0 Å². The summed E-state index contributed by atoms with van der Waals surface area (Å²) >= 11 is 1.47. The number of ether oxygens (including phenoxy) is 1. The first-order chi connectivity index (χ1) is 9.95. The van der Waals surface area contributed by atoms with Crippen molar-refractivity contribution in [2.75, 3.05) is 17.7 Å². The highest BCUT2D eigenvalue weighted by molar-refractivity contribution is 8.00. The Morgan fingerprint density at radius 3 is 2.81 bits per heavy atom. The van der Waals surface area contributed by atoms with Crippen molar-refractivity contribution in [3.05, 3.63) is 24.3 Å². The molecule has 0 radical (unpaired) electrons. The van der Waals surface area contributed by atoms with Crippen molar-refractivity contribution in [2.24, 2.45) is 11.1 Å². The lowest BCUT2D eigenvalue weighted by Gasteiger charge is -2.52. The summed E-state index contributed by atoms with van der Waals surface area (Å²) in [4.78, 5) is 12.0. The maximum Gasteiger partial charge on any atom is 0.227 e. The molecular formula is C16H24N2O2S. The Kier molecular flexibility index (Phi) is 5.17. The van der Waals surface area contributed by atoms with E-state index in [0.29, 0.717) is 17.9 Å². The number of primary amides is 1. The minimum atomic E-state index is -0.296. The highest BCUT2D eigenvalue weighted by atomic mass is 32.2. The number of carbonyl (C=O) groups is 1. The first kappa shape index (κ1) is 16.2. The predicted octanol–water partition coefficient (Wildman–Crippen LogP) is 2.88. The number of nitrogens with two attached hydrogens (primary N) is 1. The molecule has 3 N–H and O–H groups in total. The zero-order valence-electron chi connectivity index (χ0n) is 12.9. The second-order valence-electron chi connectivity index (χ2n) is 5.95. The average Bonchev–Trinajstić information content (AvgIpc) is 2.45. The van der Waals surface area contributed by atoms with Crippen LogP contribution in [0.15, 0.2) is 29.2 Å². The third kappa shape index (κ3) is 3.71. The molecule has 2 atom stereocenters. The molecule has 1 aromatic carbocycles. The first-order valence-electron chi connectivity index (χ1n) is 7.33. The molecule has 1 amide bonds. The molecule has 1 aromatic rings. The molecule has 1 fully saturated rings. The molecule has 0 aliphatic heterocycles. The van der Waals surface area contributed by atoms with E-state index in [1.807, 2.05) is 31.2 Å². The molecule has 0 aromatic heterocycles. The Balaban J connectivity index is 2.02. The zero-order valence-corrected chi connectivity index (χ0v) is 13.7. The number of nitrogens with one attached hydrogen (secondary N) is 1. The van der Waals surface area contributed by atoms with Gasteiger partial charge in [-0.1, -0.05) is 26.0 Å². The van der Waals surface area contributed by atoms with Crippen LogP contribution in [0.5, 0.6) is 0 Å². The van der Waals surface area contributed by atoms with Crippen molar-refractivity contribution in [1.29, 1.82) is 0 Å². The molecule has 0 bridgehead atoms. The molecular weight excluding hydrogens is 284 g/mol. The van der Waals surface area contributed by atoms with Crippen molar-refractivity contribution in [2.45, 2.75) is 44.2 Å². The van der Waals surface area contributed by atoms with Gasteiger partial charge >= 0.3 is 0 Å². The SMILES string of the molecule is CCOC1CC(Nc2ccccc2SCC(N)=O)C1(C)C. The number of thioether (sulfide) groups is 1. The summed E-state index contributed by atoms with van der Waals surface area (Å²) in [6.45, 7) is 7.25. The van der Waals surface area contributed by atoms with Crippen LogP contribution < -0.4 is 11.1 Å². The number of para-hydroxylation sites is 1. The molecule has 21 heavy (non-hydrogen) atoms. The Morgan fingerprint density at radius 1 is 1.48 bits per heavy atom. The van der Waals surface area contributed by atoms with Crippen LogP contribution in [0.1, 0.15) is 27.2 Å². The number of hydrogen-bond acceptors (Lipinski definition) is 4. The Bertz CT molecular complexity index is 505. The van der Waals surface area contributed by atoms with E-state index in [4.69, 9.17) is 10.5 Å². The smallest absolute Gasteiger partial charge is 0.227 e. The average molecular weight is 308 g/mol. The van der Waals surface area contributed by atoms with Gasteiger partial charge in [0.15, 0.2) is 0 Å². The van der Waals surface area contributed by atoms with Gasteiger partial charge in [0, 0.05) is 28.6 Å². The lowest BCUT2D eigenvalue weighted by molar-refractivity contribution is -0.115. The molecule has 1 aliphatic rings. The van der Waals surface area contributed by atoms with Crippen LogP contribution in [-0.4, -0.2) is 30.4 Å². The fourth-order valence-electron chi connectivity index (χ4n) is 2.66. The summed E-state index contributed by atoms with van der Waals surface area (Å²) in [5.41, 5.74) is 6.40. The second-order valence-corrected chi connectivity index (χ2v) is 6.97. The van der Waals surface area contributed by atoms with E-state index in [0.717, 1.165) is 23.6 Å². The standard InChI is InChI=1S/C16H24N2O2S/c1-4-20-14-9-13(16(14,2)3)18-11-7-5-6-8-12(11)21-10-15(17)19/h5-8,13-14,18H,4,9-10H2,1-3H3,(H2,17,19). The summed E-state index contributed by atoms with van der Waals surface area (Å²) in [6.07, 6.45) is 1.32. The molecule has 1 aliphatic carbocycles. The van der Waals surface area contributed by atoms with Crippen LogP contribution in [0.3, 0.4) is 0 Å². The van der Waals surface area contributed by atoms with Gasteiger partial charge in [-0.25, -0.2) is 0 Å². The number of hydrogen-bond donors (Lipinski definition) is 2. The van der Waals surface area contributed by atoms with Gasteiger partial charge in [-0.05, 0) is 25.5 Å². The van der Waals surface area contributed by atoms with Crippen molar-refractivity contribution >= 4 is 23.4 Å². The quantitative estimate of drug-likeness (QED) is 0.760. The number of carbonyl (C=O) groups excluding carboxylic acids is 1. The van der Waals surface area contributed by atoms with E-state index in [1.54, 1.807) is 0 Å².